The number of aryl methyl sites for hydroxylation is 1. The number of fused-ring (bicyclic) bond motifs is 1. The van der Waals surface area contributed by atoms with Crippen LogP contribution >= 0.6 is 0 Å². The monoisotopic (exact) mass is 406 g/mol. The summed E-state index contributed by atoms with van der Waals surface area (Å²) in [5.41, 5.74) is 1.15. The largest absolute Gasteiger partial charge is 0.351 e. The van der Waals surface area contributed by atoms with Crippen molar-refractivity contribution >= 4 is 22.7 Å². The fourth-order valence-electron chi connectivity index (χ4n) is 3.91. The number of para-hydroxylation sites is 1. The molecule has 2 aromatic heterocycles. The number of amides is 2. The Hall–Kier alpha value is -3.29. The summed E-state index contributed by atoms with van der Waals surface area (Å²) in [6.45, 7) is 6.24. The van der Waals surface area contributed by atoms with Gasteiger partial charge in [-0.3, -0.25) is 14.7 Å². The molecule has 4 rings (SSSR count). The molecule has 0 aliphatic carbocycles. The maximum atomic E-state index is 13.4. The van der Waals surface area contributed by atoms with Crippen molar-refractivity contribution in [2.75, 3.05) is 6.54 Å². The van der Waals surface area contributed by atoms with E-state index in [0.29, 0.717) is 36.7 Å². The number of benzene rings is 1. The molecule has 8 heteroatoms. The van der Waals surface area contributed by atoms with Crippen LogP contribution in [0.3, 0.4) is 0 Å². The maximum Gasteiger partial charge on any atom is 0.273 e. The van der Waals surface area contributed by atoms with Gasteiger partial charge in [0.05, 0.1) is 11.6 Å². The first kappa shape index (κ1) is 20.0. The molecule has 0 unspecified atom stereocenters. The number of nitrogens with zero attached hydrogens (tertiary/aromatic N) is 4. The minimum atomic E-state index is -0.319. The average Bonchev–Trinajstić information content (AvgIpc) is 3.32. The number of likely N-dealkylation sites (tertiary alicyclic amines) is 1. The molecule has 156 valence electrons. The van der Waals surface area contributed by atoms with Gasteiger partial charge in [0.1, 0.15) is 11.5 Å². The van der Waals surface area contributed by atoms with Crippen LogP contribution in [0.4, 0.5) is 0 Å². The van der Waals surface area contributed by atoms with Crippen LogP contribution in [0, 0.1) is 12.8 Å². The van der Waals surface area contributed by atoms with Crippen molar-refractivity contribution in [2.45, 2.75) is 45.7 Å². The van der Waals surface area contributed by atoms with Crippen LogP contribution in [0.15, 0.2) is 36.4 Å². The van der Waals surface area contributed by atoms with Gasteiger partial charge in [-0.15, -0.1) is 0 Å². The molecule has 1 saturated heterocycles. The van der Waals surface area contributed by atoms with E-state index in [1.165, 1.54) is 0 Å². The number of rotatable bonds is 5. The van der Waals surface area contributed by atoms with E-state index in [0.717, 1.165) is 10.9 Å². The van der Waals surface area contributed by atoms with E-state index in [9.17, 15) is 9.59 Å². The topological polar surface area (TPSA) is 104 Å². The zero-order valence-corrected chi connectivity index (χ0v) is 17.4. The highest BCUT2D eigenvalue weighted by Crippen LogP contribution is 2.32. The Kier molecular flexibility index (Phi) is 5.48. The van der Waals surface area contributed by atoms with Gasteiger partial charge in [-0.25, -0.2) is 9.97 Å². The lowest BCUT2D eigenvalue weighted by atomic mass is 10.1. The first-order valence-corrected chi connectivity index (χ1v) is 10.3. The molecule has 1 aromatic carbocycles. The first-order valence-electron chi connectivity index (χ1n) is 10.3. The average molecular weight is 406 g/mol. The third-order valence-electron chi connectivity index (χ3n) is 5.25. The lowest BCUT2D eigenvalue weighted by Gasteiger charge is -2.22. The Morgan fingerprint density at radius 2 is 2.00 bits per heavy atom. The fraction of sp³-hybridized carbons (Fsp3) is 0.409. The Labute approximate surface area is 175 Å². The molecular formula is C22H26N6O2. The van der Waals surface area contributed by atoms with Crippen LogP contribution in [0.2, 0.25) is 0 Å². The predicted octanol–water partition coefficient (Wildman–Crippen LogP) is 2.78. The standard InChI is InChI=1S/C22H26N6O2/c1-13(2)10-20(29)24-16-11-19(21-23-14(3)26-27-21)28(12-16)22(30)18-9-8-15-6-4-5-7-17(15)25-18/h4-9,13,16,19H,10-12H2,1-3H3,(H,24,29)(H,23,26,27)/t16-,19-/m0/s1. The van der Waals surface area contributed by atoms with Gasteiger partial charge in [-0.1, -0.05) is 38.1 Å². The molecule has 3 heterocycles. The number of H-pyrrole nitrogens is 1. The fourth-order valence-corrected chi connectivity index (χ4v) is 3.91. The second kappa shape index (κ2) is 8.22. The highest BCUT2D eigenvalue weighted by Gasteiger charge is 2.39. The number of carbonyl (C=O) groups excluding carboxylic acids is 2. The van der Waals surface area contributed by atoms with Crippen molar-refractivity contribution in [3.8, 4) is 0 Å². The van der Waals surface area contributed by atoms with Gasteiger partial charge in [0.15, 0.2) is 5.82 Å². The molecule has 3 aromatic rings. The number of carbonyl (C=O) groups is 2. The molecule has 30 heavy (non-hydrogen) atoms. The Morgan fingerprint density at radius 1 is 1.20 bits per heavy atom. The zero-order valence-electron chi connectivity index (χ0n) is 17.4. The van der Waals surface area contributed by atoms with Crippen LogP contribution < -0.4 is 5.32 Å². The van der Waals surface area contributed by atoms with E-state index in [2.05, 4.69) is 25.5 Å². The van der Waals surface area contributed by atoms with Crippen LogP contribution in [-0.4, -0.2) is 49.5 Å². The second-order valence-electron chi connectivity index (χ2n) is 8.24. The van der Waals surface area contributed by atoms with Crippen LogP contribution in [0.25, 0.3) is 10.9 Å². The molecule has 2 amide bonds. The quantitative estimate of drug-likeness (QED) is 0.678. The predicted molar refractivity (Wildman–Crippen MR) is 113 cm³/mol. The molecule has 0 bridgehead atoms. The number of pyridine rings is 1. The van der Waals surface area contributed by atoms with Gasteiger partial charge in [0.25, 0.3) is 5.91 Å². The minimum absolute atomic E-state index is 0.00181. The molecule has 0 spiro atoms. The SMILES string of the molecule is Cc1nc([C@@H]2C[C@H](NC(=O)CC(C)C)CN2C(=O)c2ccc3ccccc3n2)n[nH]1. The number of hydrogen-bond donors (Lipinski definition) is 2. The van der Waals surface area contributed by atoms with E-state index < -0.39 is 0 Å². The van der Waals surface area contributed by atoms with Crippen LogP contribution in [0.5, 0.6) is 0 Å². The minimum Gasteiger partial charge on any atom is -0.351 e. The van der Waals surface area contributed by atoms with Crippen molar-refractivity contribution in [2.24, 2.45) is 5.92 Å². The number of aromatic amines is 1. The van der Waals surface area contributed by atoms with Crippen LogP contribution in [0.1, 0.15) is 54.9 Å². The number of nitrogens with one attached hydrogen (secondary N) is 2. The Morgan fingerprint density at radius 3 is 2.73 bits per heavy atom. The number of hydrogen-bond acceptors (Lipinski definition) is 5. The number of aromatic nitrogens is 4. The summed E-state index contributed by atoms with van der Waals surface area (Å²) in [6, 6.07) is 10.9. The molecular weight excluding hydrogens is 380 g/mol. The van der Waals surface area contributed by atoms with Gasteiger partial charge < -0.3 is 10.2 Å². The highest BCUT2D eigenvalue weighted by atomic mass is 16.2. The van der Waals surface area contributed by atoms with E-state index >= 15 is 0 Å². The first-order chi connectivity index (χ1) is 14.4. The third-order valence-corrected chi connectivity index (χ3v) is 5.25. The molecule has 0 radical (unpaired) electrons. The molecule has 1 fully saturated rings. The summed E-state index contributed by atoms with van der Waals surface area (Å²) >= 11 is 0. The summed E-state index contributed by atoms with van der Waals surface area (Å²) in [6.07, 6.45) is 1.03. The molecule has 2 atom stereocenters. The second-order valence-corrected chi connectivity index (χ2v) is 8.24. The molecule has 2 N–H and O–H groups in total. The molecule has 1 aliphatic heterocycles. The van der Waals surface area contributed by atoms with Crippen molar-refractivity contribution in [3.63, 3.8) is 0 Å². The molecule has 0 saturated carbocycles. The smallest absolute Gasteiger partial charge is 0.273 e. The maximum absolute atomic E-state index is 13.4. The van der Waals surface area contributed by atoms with Crippen molar-refractivity contribution in [1.29, 1.82) is 0 Å². The van der Waals surface area contributed by atoms with Crippen molar-refractivity contribution < 1.29 is 9.59 Å². The lowest BCUT2D eigenvalue weighted by Crippen LogP contribution is -2.39. The summed E-state index contributed by atoms with van der Waals surface area (Å²) < 4.78 is 0. The van der Waals surface area contributed by atoms with Gasteiger partial charge in [0, 0.05) is 24.4 Å². The summed E-state index contributed by atoms with van der Waals surface area (Å²) in [5.74, 6) is 1.33. The summed E-state index contributed by atoms with van der Waals surface area (Å²) in [7, 11) is 0. The summed E-state index contributed by atoms with van der Waals surface area (Å²) in [5, 5.41) is 11.2. The van der Waals surface area contributed by atoms with Crippen LogP contribution in [-0.2, 0) is 4.79 Å². The molecule has 1 aliphatic rings. The Bertz CT molecular complexity index is 1080. The van der Waals surface area contributed by atoms with E-state index in [4.69, 9.17) is 0 Å². The van der Waals surface area contributed by atoms with E-state index in [1.807, 2.05) is 51.1 Å². The van der Waals surface area contributed by atoms with Crippen molar-refractivity contribution in [3.05, 3.63) is 53.7 Å². The zero-order chi connectivity index (χ0) is 21.3. The van der Waals surface area contributed by atoms with E-state index in [1.54, 1.807) is 11.0 Å². The summed E-state index contributed by atoms with van der Waals surface area (Å²) in [4.78, 5) is 36.4. The van der Waals surface area contributed by atoms with Gasteiger partial charge in [-0.2, -0.15) is 5.10 Å². The lowest BCUT2D eigenvalue weighted by molar-refractivity contribution is -0.122. The van der Waals surface area contributed by atoms with E-state index in [-0.39, 0.29) is 29.8 Å². The van der Waals surface area contributed by atoms with Gasteiger partial charge in [-0.05, 0) is 31.4 Å². The third kappa shape index (κ3) is 4.17. The molecule has 8 nitrogen and oxygen atoms in total. The van der Waals surface area contributed by atoms with Crippen molar-refractivity contribution in [1.82, 2.24) is 30.4 Å². The highest BCUT2D eigenvalue weighted by molar-refractivity contribution is 5.95. The van der Waals surface area contributed by atoms with Gasteiger partial charge in [0.2, 0.25) is 5.91 Å². The normalized spacial score (nSPS) is 18.9. The van der Waals surface area contributed by atoms with Gasteiger partial charge >= 0.3 is 0 Å². The Balaban J connectivity index is 1.60.